The van der Waals surface area contributed by atoms with Crippen LogP contribution in [-0.4, -0.2) is 32.5 Å². The fraction of sp³-hybridized carbons (Fsp3) is 0.200. The minimum Gasteiger partial charge on any atom is -0.478 e. The van der Waals surface area contributed by atoms with Gasteiger partial charge in [0.1, 0.15) is 5.69 Å². The number of nitrogens with zero attached hydrogens (tertiary/aromatic N) is 1. The number of para-hydroxylation sites is 1. The van der Waals surface area contributed by atoms with Crippen LogP contribution in [0, 0.1) is 6.92 Å². The summed E-state index contributed by atoms with van der Waals surface area (Å²) in [6, 6.07) is 12.6. The molecule has 1 heterocycles. The van der Waals surface area contributed by atoms with Crippen LogP contribution in [0.25, 0.3) is 10.9 Å². The lowest BCUT2D eigenvalue weighted by Crippen LogP contribution is -2.12. The van der Waals surface area contributed by atoms with E-state index in [4.69, 9.17) is 0 Å². The van der Waals surface area contributed by atoms with Gasteiger partial charge in [-0.05, 0) is 54.0 Å². The molecule has 0 amide bonds. The molecule has 3 aromatic rings. The maximum atomic E-state index is 12.0. The minimum atomic E-state index is -0.999. The zero-order valence-corrected chi connectivity index (χ0v) is 15.2. The number of carboxylic acid groups (broad SMARTS) is 2. The maximum Gasteiger partial charge on any atom is 0.352 e. The van der Waals surface area contributed by atoms with E-state index in [1.54, 1.807) is 16.7 Å². The van der Waals surface area contributed by atoms with E-state index in [9.17, 15) is 19.8 Å². The van der Waals surface area contributed by atoms with Crippen molar-refractivity contribution >= 4 is 35.5 Å². The molecule has 26 heavy (non-hydrogen) atoms. The Hall–Kier alpha value is -2.73. The number of aromatic carboxylic acids is 2. The molecular weight excluding hydrogens is 350 g/mol. The van der Waals surface area contributed by atoms with Gasteiger partial charge in [-0.3, -0.25) is 0 Å². The lowest BCUT2D eigenvalue weighted by atomic mass is 10.1. The summed E-state index contributed by atoms with van der Waals surface area (Å²) in [6.07, 6.45) is 0.548. The topological polar surface area (TPSA) is 79.5 Å². The first-order chi connectivity index (χ1) is 12.4. The summed E-state index contributed by atoms with van der Waals surface area (Å²) in [6.45, 7) is 2.12. The molecule has 0 spiro atoms. The number of aryl methyl sites for hydroxylation is 2. The Morgan fingerprint density at radius 1 is 1.08 bits per heavy atom. The molecule has 134 valence electrons. The van der Waals surface area contributed by atoms with Gasteiger partial charge >= 0.3 is 11.9 Å². The summed E-state index contributed by atoms with van der Waals surface area (Å²) in [4.78, 5) is 23.3. The number of fused-ring (bicyclic) bond motifs is 1. The van der Waals surface area contributed by atoms with Gasteiger partial charge in [-0.1, -0.05) is 24.3 Å². The summed E-state index contributed by atoms with van der Waals surface area (Å²) in [5.74, 6) is -1.45. The van der Waals surface area contributed by atoms with Crippen LogP contribution in [-0.2, 0) is 13.0 Å². The molecule has 0 radical (unpaired) electrons. The van der Waals surface area contributed by atoms with Crippen molar-refractivity contribution in [3.05, 3.63) is 70.4 Å². The third-order valence-corrected chi connectivity index (χ3v) is 4.59. The summed E-state index contributed by atoms with van der Waals surface area (Å²) < 4.78 is 1.75. The highest BCUT2D eigenvalue weighted by Crippen LogP contribution is 2.28. The molecule has 0 saturated carbocycles. The monoisotopic (exact) mass is 369 g/mol. The average molecular weight is 369 g/mol. The summed E-state index contributed by atoms with van der Waals surface area (Å²) in [7, 11) is 0. The van der Waals surface area contributed by atoms with Crippen molar-refractivity contribution in [1.29, 1.82) is 0 Å². The zero-order valence-electron chi connectivity index (χ0n) is 14.3. The molecule has 0 aliphatic heterocycles. The molecule has 0 aliphatic carbocycles. The van der Waals surface area contributed by atoms with Gasteiger partial charge in [0.15, 0.2) is 0 Å². The predicted octanol–water partition coefficient (Wildman–Crippen LogP) is 3.87. The minimum absolute atomic E-state index is 0.198. The zero-order chi connectivity index (χ0) is 18.8. The smallest absolute Gasteiger partial charge is 0.352 e. The molecule has 1 aromatic heterocycles. The van der Waals surface area contributed by atoms with Gasteiger partial charge in [0.25, 0.3) is 0 Å². The van der Waals surface area contributed by atoms with Crippen molar-refractivity contribution in [1.82, 2.24) is 4.57 Å². The number of hydrogen-bond acceptors (Lipinski definition) is 3. The molecule has 5 nitrogen and oxygen atoms in total. The van der Waals surface area contributed by atoms with Crippen molar-refractivity contribution in [3.8, 4) is 0 Å². The Morgan fingerprint density at radius 2 is 1.81 bits per heavy atom. The second kappa shape index (κ2) is 7.25. The highest BCUT2D eigenvalue weighted by atomic mass is 32.1. The van der Waals surface area contributed by atoms with Crippen LogP contribution >= 0.6 is 12.6 Å². The number of hydrogen-bond donors (Lipinski definition) is 3. The summed E-state index contributed by atoms with van der Waals surface area (Å²) in [5, 5.41) is 20.0. The van der Waals surface area contributed by atoms with Crippen LogP contribution in [0.1, 0.15) is 37.5 Å². The quantitative estimate of drug-likeness (QED) is 0.576. The van der Waals surface area contributed by atoms with Crippen LogP contribution in [0.3, 0.4) is 0 Å². The van der Waals surface area contributed by atoms with Gasteiger partial charge < -0.3 is 14.8 Å². The molecular formula is C20H19NO4S. The molecule has 0 saturated heterocycles. The van der Waals surface area contributed by atoms with Gasteiger partial charge in [0, 0.05) is 17.4 Å². The molecule has 2 N–H and O–H groups in total. The molecule has 0 aliphatic rings. The van der Waals surface area contributed by atoms with Crippen LogP contribution in [0.5, 0.6) is 0 Å². The van der Waals surface area contributed by atoms with E-state index in [-0.39, 0.29) is 17.8 Å². The molecule has 3 rings (SSSR count). The van der Waals surface area contributed by atoms with Gasteiger partial charge in [-0.15, -0.1) is 0 Å². The first kappa shape index (κ1) is 18.1. The number of aromatic nitrogens is 1. The number of thiol groups is 1. The third-order valence-electron chi connectivity index (χ3n) is 4.36. The average Bonchev–Trinajstić information content (AvgIpc) is 2.89. The van der Waals surface area contributed by atoms with E-state index in [0.717, 1.165) is 27.6 Å². The van der Waals surface area contributed by atoms with E-state index in [1.807, 2.05) is 37.3 Å². The fourth-order valence-corrected chi connectivity index (χ4v) is 3.63. The Bertz CT molecular complexity index is 1010. The fourth-order valence-electron chi connectivity index (χ4n) is 3.41. The van der Waals surface area contributed by atoms with E-state index >= 15 is 0 Å². The third kappa shape index (κ3) is 3.32. The highest BCUT2D eigenvalue weighted by Gasteiger charge is 2.22. The Labute approximate surface area is 156 Å². The van der Waals surface area contributed by atoms with E-state index in [1.165, 1.54) is 0 Å². The normalized spacial score (nSPS) is 11.0. The van der Waals surface area contributed by atoms with E-state index in [0.29, 0.717) is 12.2 Å². The summed E-state index contributed by atoms with van der Waals surface area (Å²) in [5.41, 5.74) is 3.59. The molecule has 2 aromatic carbocycles. The highest BCUT2D eigenvalue weighted by molar-refractivity contribution is 7.80. The lowest BCUT2D eigenvalue weighted by Gasteiger charge is -2.11. The second-order valence-corrected chi connectivity index (χ2v) is 6.67. The van der Waals surface area contributed by atoms with Crippen molar-refractivity contribution < 1.29 is 19.8 Å². The standard InChI is InChI=1S/C20H19NO4S/c1-12-8-13(10-14(9-12)19(22)23)11-21-17-5-3-2-4-15(17)16(6-7-26)18(21)20(24)25/h2-5,8-10,26H,6-7,11H2,1H3,(H,22,23)(H,24,25). The molecule has 6 heteroatoms. The molecule has 0 fully saturated rings. The van der Waals surface area contributed by atoms with Crippen molar-refractivity contribution in [2.75, 3.05) is 5.75 Å². The Morgan fingerprint density at radius 3 is 2.46 bits per heavy atom. The first-order valence-electron chi connectivity index (χ1n) is 8.20. The van der Waals surface area contributed by atoms with Crippen molar-refractivity contribution in [3.63, 3.8) is 0 Å². The first-order valence-corrected chi connectivity index (χ1v) is 8.83. The number of benzene rings is 2. The van der Waals surface area contributed by atoms with Gasteiger partial charge in [-0.2, -0.15) is 12.6 Å². The largest absolute Gasteiger partial charge is 0.478 e. The molecule has 0 atom stereocenters. The molecule has 0 bridgehead atoms. The van der Waals surface area contributed by atoms with Gasteiger partial charge in [0.2, 0.25) is 0 Å². The van der Waals surface area contributed by atoms with Crippen molar-refractivity contribution in [2.45, 2.75) is 19.9 Å². The van der Waals surface area contributed by atoms with Gasteiger partial charge in [-0.25, -0.2) is 9.59 Å². The van der Waals surface area contributed by atoms with E-state index < -0.39 is 11.9 Å². The molecule has 0 unspecified atom stereocenters. The number of carboxylic acids is 2. The van der Waals surface area contributed by atoms with Crippen LogP contribution in [0.15, 0.2) is 42.5 Å². The lowest BCUT2D eigenvalue weighted by molar-refractivity contribution is 0.0677. The van der Waals surface area contributed by atoms with Crippen LogP contribution < -0.4 is 0 Å². The second-order valence-electron chi connectivity index (χ2n) is 6.22. The summed E-state index contributed by atoms with van der Waals surface area (Å²) >= 11 is 4.26. The number of rotatable bonds is 6. The van der Waals surface area contributed by atoms with Crippen LogP contribution in [0.2, 0.25) is 0 Å². The number of carbonyl (C=O) groups is 2. The van der Waals surface area contributed by atoms with Gasteiger partial charge in [0.05, 0.1) is 5.56 Å². The maximum absolute atomic E-state index is 12.0. The Balaban J connectivity index is 2.20. The SMILES string of the molecule is Cc1cc(Cn2c(C(=O)O)c(CCS)c3ccccc32)cc(C(=O)O)c1. The predicted molar refractivity (Wildman–Crippen MR) is 104 cm³/mol. The van der Waals surface area contributed by atoms with Crippen molar-refractivity contribution in [2.24, 2.45) is 0 Å². The Kier molecular flexibility index (Phi) is 5.04. The van der Waals surface area contributed by atoms with E-state index in [2.05, 4.69) is 12.6 Å². The van der Waals surface area contributed by atoms with Crippen LogP contribution in [0.4, 0.5) is 0 Å².